The monoisotopic (exact) mass is 409 g/mol. The zero-order chi connectivity index (χ0) is 21.5. The van der Waals surface area contributed by atoms with Gasteiger partial charge in [-0.1, -0.05) is 24.3 Å². The summed E-state index contributed by atoms with van der Waals surface area (Å²) in [7, 11) is 0. The molecule has 0 fully saturated rings. The van der Waals surface area contributed by atoms with Crippen molar-refractivity contribution in [2.75, 3.05) is 11.9 Å². The molecule has 3 rings (SSSR count). The van der Waals surface area contributed by atoms with Gasteiger partial charge in [-0.05, 0) is 62.4 Å². The smallest absolute Gasteiger partial charge is 0.307 e. The number of aryl methyl sites for hydroxylation is 2. The molecule has 0 saturated heterocycles. The highest BCUT2D eigenvalue weighted by Gasteiger charge is 2.20. The number of ketones is 1. The molecule has 0 saturated carbocycles. The van der Waals surface area contributed by atoms with Crippen LogP contribution in [0.1, 0.15) is 54.6 Å². The van der Waals surface area contributed by atoms with Crippen molar-refractivity contribution in [3.05, 3.63) is 59.2 Å². The second-order valence-electron chi connectivity index (χ2n) is 7.31. The minimum Gasteiger partial charge on any atom is -0.492 e. The third-order valence-corrected chi connectivity index (χ3v) is 5.10. The van der Waals surface area contributed by atoms with E-state index in [0.717, 1.165) is 19.3 Å². The van der Waals surface area contributed by atoms with Gasteiger partial charge in [0.25, 0.3) is 5.91 Å². The zero-order valence-corrected chi connectivity index (χ0v) is 17.4. The Kier molecular flexibility index (Phi) is 7.22. The SMILES string of the molecule is CCOc1ccccc1NC(=O)[C@@H](C)OC(=O)CCC(=O)c1ccc2c(c1)CCC2. The van der Waals surface area contributed by atoms with Crippen LogP contribution in [0.3, 0.4) is 0 Å². The molecule has 1 amide bonds. The van der Waals surface area contributed by atoms with Crippen molar-refractivity contribution >= 4 is 23.3 Å². The largest absolute Gasteiger partial charge is 0.492 e. The van der Waals surface area contributed by atoms with E-state index >= 15 is 0 Å². The molecule has 0 bridgehead atoms. The van der Waals surface area contributed by atoms with E-state index in [2.05, 4.69) is 5.32 Å². The van der Waals surface area contributed by atoms with Gasteiger partial charge in [0.05, 0.1) is 18.7 Å². The number of amides is 1. The lowest BCUT2D eigenvalue weighted by atomic mass is 10.0. The number of carbonyl (C=O) groups is 3. The Balaban J connectivity index is 1.48. The lowest BCUT2D eigenvalue weighted by Crippen LogP contribution is -2.30. The molecule has 0 spiro atoms. The van der Waals surface area contributed by atoms with Gasteiger partial charge >= 0.3 is 5.97 Å². The summed E-state index contributed by atoms with van der Waals surface area (Å²) in [5, 5.41) is 2.71. The van der Waals surface area contributed by atoms with Crippen LogP contribution >= 0.6 is 0 Å². The van der Waals surface area contributed by atoms with E-state index in [4.69, 9.17) is 9.47 Å². The average molecular weight is 409 g/mol. The number of rotatable bonds is 9. The molecule has 1 atom stereocenters. The van der Waals surface area contributed by atoms with Gasteiger partial charge in [-0.3, -0.25) is 14.4 Å². The van der Waals surface area contributed by atoms with Crippen LogP contribution in [0.4, 0.5) is 5.69 Å². The minimum atomic E-state index is -0.984. The molecule has 0 aromatic heterocycles. The quantitative estimate of drug-likeness (QED) is 0.498. The molecule has 2 aromatic carbocycles. The van der Waals surface area contributed by atoms with E-state index in [1.807, 2.05) is 31.2 Å². The maximum Gasteiger partial charge on any atom is 0.307 e. The van der Waals surface area contributed by atoms with Crippen molar-refractivity contribution in [3.8, 4) is 5.75 Å². The van der Waals surface area contributed by atoms with Gasteiger partial charge in [-0.15, -0.1) is 0 Å². The number of ether oxygens (including phenoxy) is 2. The Labute approximate surface area is 176 Å². The first-order valence-electron chi connectivity index (χ1n) is 10.3. The fraction of sp³-hybridized carbons (Fsp3) is 0.375. The lowest BCUT2D eigenvalue weighted by Gasteiger charge is -2.15. The number of esters is 1. The second-order valence-corrected chi connectivity index (χ2v) is 7.31. The Morgan fingerprint density at radius 1 is 1.03 bits per heavy atom. The molecule has 0 aliphatic heterocycles. The summed E-state index contributed by atoms with van der Waals surface area (Å²) in [5.74, 6) is -0.582. The molecule has 1 aliphatic carbocycles. The van der Waals surface area contributed by atoms with Gasteiger partial charge in [0, 0.05) is 12.0 Å². The van der Waals surface area contributed by atoms with E-state index in [-0.39, 0.29) is 18.6 Å². The van der Waals surface area contributed by atoms with Crippen molar-refractivity contribution < 1.29 is 23.9 Å². The molecule has 1 N–H and O–H groups in total. The predicted octanol–water partition coefficient (Wildman–Crippen LogP) is 4.11. The summed E-state index contributed by atoms with van der Waals surface area (Å²) < 4.78 is 10.7. The van der Waals surface area contributed by atoms with Gasteiger partial charge in [-0.2, -0.15) is 0 Å². The number of para-hydroxylation sites is 2. The van der Waals surface area contributed by atoms with Crippen LogP contribution < -0.4 is 10.1 Å². The summed E-state index contributed by atoms with van der Waals surface area (Å²) in [6, 6.07) is 12.8. The fourth-order valence-electron chi connectivity index (χ4n) is 3.50. The van der Waals surface area contributed by atoms with Crippen molar-refractivity contribution in [2.24, 2.45) is 0 Å². The van der Waals surface area contributed by atoms with Crippen LogP contribution in [0.25, 0.3) is 0 Å². The molecule has 6 nitrogen and oxygen atoms in total. The summed E-state index contributed by atoms with van der Waals surface area (Å²) in [4.78, 5) is 36.9. The molecule has 2 aromatic rings. The molecule has 0 heterocycles. The number of benzene rings is 2. The molecule has 158 valence electrons. The van der Waals surface area contributed by atoms with E-state index in [1.54, 1.807) is 18.2 Å². The van der Waals surface area contributed by atoms with E-state index in [1.165, 1.54) is 18.1 Å². The summed E-state index contributed by atoms with van der Waals surface area (Å²) in [6.45, 7) is 3.82. The topological polar surface area (TPSA) is 81.7 Å². The number of carbonyl (C=O) groups excluding carboxylic acids is 3. The van der Waals surface area contributed by atoms with Crippen LogP contribution in [-0.4, -0.2) is 30.4 Å². The van der Waals surface area contributed by atoms with Crippen molar-refractivity contribution in [3.63, 3.8) is 0 Å². The van der Waals surface area contributed by atoms with E-state index < -0.39 is 18.0 Å². The van der Waals surface area contributed by atoms with Gasteiger partial charge < -0.3 is 14.8 Å². The molecule has 30 heavy (non-hydrogen) atoms. The van der Waals surface area contributed by atoms with Crippen LogP contribution in [0, 0.1) is 0 Å². The number of anilines is 1. The molecular formula is C24H27NO5. The Morgan fingerprint density at radius 3 is 2.60 bits per heavy atom. The normalized spacial score (nSPS) is 13.3. The Hall–Kier alpha value is -3.15. The van der Waals surface area contributed by atoms with Crippen molar-refractivity contribution in [1.82, 2.24) is 0 Å². The maximum absolute atomic E-state index is 12.4. The highest BCUT2D eigenvalue weighted by molar-refractivity contribution is 5.98. The van der Waals surface area contributed by atoms with Gasteiger partial charge in [0.15, 0.2) is 11.9 Å². The van der Waals surface area contributed by atoms with Gasteiger partial charge in [-0.25, -0.2) is 0 Å². The Morgan fingerprint density at radius 2 is 1.80 bits per heavy atom. The molecule has 0 unspecified atom stereocenters. The first kappa shape index (κ1) is 21.6. The average Bonchev–Trinajstić information content (AvgIpc) is 3.21. The highest BCUT2D eigenvalue weighted by Crippen LogP contribution is 2.25. The number of Topliss-reactive ketones (excluding diaryl/α,β-unsaturated/α-hetero) is 1. The predicted molar refractivity (Wildman–Crippen MR) is 114 cm³/mol. The summed E-state index contributed by atoms with van der Waals surface area (Å²) in [6.07, 6.45) is 2.18. The van der Waals surface area contributed by atoms with Gasteiger partial charge in [0.2, 0.25) is 0 Å². The zero-order valence-electron chi connectivity index (χ0n) is 17.4. The Bertz CT molecular complexity index is 937. The van der Waals surface area contributed by atoms with Crippen molar-refractivity contribution in [2.45, 2.75) is 52.1 Å². The third kappa shape index (κ3) is 5.47. The van der Waals surface area contributed by atoms with Crippen LogP contribution in [0.15, 0.2) is 42.5 Å². The van der Waals surface area contributed by atoms with Gasteiger partial charge in [0.1, 0.15) is 5.75 Å². The van der Waals surface area contributed by atoms with Crippen molar-refractivity contribution in [1.29, 1.82) is 0 Å². The molecular weight excluding hydrogens is 382 g/mol. The first-order valence-corrected chi connectivity index (χ1v) is 10.3. The van der Waals surface area contributed by atoms with Crippen LogP contribution in [0.5, 0.6) is 5.75 Å². The number of hydrogen-bond acceptors (Lipinski definition) is 5. The minimum absolute atomic E-state index is 0.0547. The number of fused-ring (bicyclic) bond motifs is 1. The molecule has 0 radical (unpaired) electrons. The van der Waals surface area contributed by atoms with E-state index in [9.17, 15) is 14.4 Å². The number of hydrogen-bond donors (Lipinski definition) is 1. The van der Waals surface area contributed by atoms with Crippen LogP contribution in [0.2, 0.25) is 0 Å². The lowest BCUT2D eigenvalue weighted by molar-refractivity contribution is -0.153. The second kappa shape index (κ2) is 10.1. The van der Waals surface area contributed by atoms with Crippen LogP contribution in [-0.2, 0) is 27.2 Å². The highest BCUT2D eigenvalue weighted by atomic mass is 16.5. The maximum atomic E-state index is 12.4. The summed E-state index contributed by atoms with van der Waals surface area (Å²) >= 11 is 0. The fourth-order valence-corrected chi connectivity index (χ4v) is 3.50. The third-order valence-electron chi connectivity index (χ3n) is 5.10. The van der Waals surface area contributed by atoms with E-state index in [0.29, 0.717) is 23.6 Å². The standard InChI is InChI=1S/C24H27NO5/c1-3-29-22-10-5-4-9-20(22)25-24(28)16(2)30-23(27)14-13-21(26)19-12-11-17-7-6-8-18(17)15-19/h4-5,9-12,15-16H,3,6-8,13-14H2,1-2H3,(H,25,28)/t16-/m1/s1. The first-order chi connectivity index (χ1) is 14.5. The molecule has 6 heteroatoms. The summed E-state index contributed by atoms with van der Waals surface area (Å²) in [5.41, 5.74) is 3.67. The molecule has 1 aliphatic rings. The number of nitrogens with one attached hydrogen (secondary N) is 1.